The van der Waals surface area contributed by atoms with E-state index < -0.39 is 0 Å². The lowest BCUT2D eigenvalue weighted by Gasteiger charge is -2.12. The number of carbonyl (C=O) groups is 1. The van der Waals surface area contributed by atoms with E-state index in [0.29, 0.717) is 22.9 Å². The molecule has 0 spiro atoms. The van der Waals surface area contributed by atoms with Crippen LogP contribution in [0.2, 0.25) is 0 Å². The van der Waals surface area contributed by atoms with Gasteiger partial charge in [-0.2, -0.15) is 5.10 Å². The van der Waals surface area contributed by atoms with Gasteiger partial charge in [0.15, 0.2) is 18.1 Å². The summed E-state index contributed by atoms with van der Waals surface area (Å²) in [6, 6.07) is 25.9. The summed E-state index contributed by atoms with van der Waals surface area (Å²) in [5.41, 5.74) is 3.03. The molecule has 4 rings (SSSR count). The first-order chi connectivity index (χ1) is 17.6. The summed E-state index contributed by atoms with van der Waals surface area (Å²) in [7, 11) is 3.12. The van der Waals surface area contributed by atoms with E-state index in [9.17, 15) is 9.59 Å². The summed E-state index contributed by atoms with van der Waals surface area (Å²) in [4.78, 5) is 24.7. The van der Waals surface area contributed by atoms with Gasteiger partial charge in [0, 0.05) is 23.7 Å². The van der Waals surface area contributed by atoms with E-state index in [0.717, 1.165) is 16.7 Å². The number of aromatic nitrogens is 2. The second kappa shape index (κ2) is 11.7. The van der Waals surface area contributed by atoms with Gasteiger partial charge >= 0.3 is 0 Å². The highest BCUT2D eigenvalue weighted by Crippen LogP contribution is 2.31. The van der Waals surface area contributed by atoms with Crippen LogP contribution < -0.4 is 25.1 Å². The van der Waals surface area contributed by atoms with Crippen LogP contribution in [0.1, 0.15) is 0 Å². The van der Waals surface area contributed by atoms with E-state index in [1.54, 1.807) is 32.4 Å². The van der Waals surface area contributed by atoms with Gasteiger partial charge in [0.25, 0.3) is 11.5 Å². The van der Waals surface area contributed by atoms with Crippen LogP contribution in [0, 0.1) is 0 Å². The topological polar surface area (TPSA) is 91.7 Å². The Morgan fingerprint density at radius 2 is 1.58 bits per heavy atom. The molecule has 0 radical (unpaired) electrons. The van der Waals surface area contributed by atoms with Crippen molar-refractivity contribution in [2.45, 2.75) is 6.54 Å². The number of nitrogens with one attached hydrogen (secondary N) is 1. The molecule has 8 nitrogen and oxygen atoms in total. The van der Waals surface area contributed by atoms with Crippen molar-refractivity contribution in [3.8, 4) is 39.6 Å². The minimum atomic E-state index is -0.290. The van der Waals surface area contributed by atoms with Gasteiger partial charge in [0.05, 0.1) is 26.5 Å². The summed E-state index contributed by atoms with van der Waals surface area (Å²) in [5.74, 6) is 1.50. The van der Waals surface area contributed by atoms with Crippen molar-refractivity contribution < 1.29 is 19.0 Å². The van der Waals surface area contributed by atoms with Gasteiger partial charge in [-0.1, -0.05) is 48.5 Å². The molecule has 0 aliphatic heterocycles. The minimum Gasteiger partial charge on any atom is -0.493 e. The Labute approximate surface area is 209 Å². The maximum Gasteiger partial charge on any atom is 0.266 e. The summed E-state index contributed by atoms with van der Waals surface area (Å²) < 4.78 is 17.7. The first-order valence-electron chi connectivity index (χ1n) is 11.4. The van der Waals surface area contributed by atoms with Crippen LogP contribution in [-0.4, -0.2) is 43.1 Å². The standard InChI is InChI=1S/C28H27N3O5/c1-34-25-14-12-21(18-26(25)35-2)23-13-15-28(33)31(30-23)17-16-29-27(32)19-36-24-11-7-6-10-22(24)20-8-4-3-5-9-20/h3-15,18H,16-17,19H2,1-2H3,(H,29,32). The van der Waals surface area contributed by atoms with Crippen LogP contribution in [0.4, 0.5) is 0 Å². The quantitative estimate of drug-likeness (QED) is 0.368. The highest BCUT2D eigenvalue weighted by molar-refractivity contribution is 5.78. The average Bonchev–Trinajstić information content (AvgIpc) is 2.93. The summed E-state index contributed by atoms with van der Waals surface area (Å²) in [6.07, 6.45) is 0. The van der Waals surface area contributed by atoms with Gasteiger partial charge in [-0.3, -0.25) is 9.59 Å². The first-order valence-corrected chi connectivity index (χ1v) is 11.4. The average molecular weight is 486 g/mol. The van der Waals surface area contributed by atoms with Crippen molar-refractivity contribution in [2.24, 2.45) is 0 Å². The molecule has 4 aromatic rings. The lowest BCUT2D eigenvalue weighted by Crippen LogP contribution is -2.34. The SMILES string of the molecule is COc1ccc(-c2ccc(=O)n(CCNC(=O)COc3ccccc3-c3ccccc3)n2)cc1OC. The van der Waals surface area contributed by atoms with Gasteiger partial charge < -0.3 is 19.5 Å². The molecule has 3 aromatic carbocycles. The summed E-state index contributed by atoms with van der Waals surface area (Å²) in [6.45, 7) is 0.301. The maximum atomic E-state index is 12.4. The fourth-order valence-electron chi connectivity index (χ4n) is 3.70. The van der Waals surface area contributed by atoms with Crippen molar-refractivity contribution in [3.63, 3.8) is 0 Å². The molecule has 0 aliphatic carbocycles. The van der Waals surface area contributed by atoms with Crippen LogP contribution >= 0.6 is 0 Å². The van der Waals surface area contributed by atoms with Crippen LogP contribution in [-0.2, 0) is 11.3 Å². The molecule has 184 valence electrons. The first kappa shape index (κ1) is 24.5. The smallest absolute Gasteiger partial charge is 0.266 e. The Kier molecular flexibility index (Phi) is 7.97. The minimum absolute atomic E-state index is 0.141. The number of nitrogens with zero attached hydrogens (tertiary/aromatic N) is 2. The van der Waals surface area contributed by atoms with Crippen molar-refractivity contribution in [3.05, 3.63) is 95.3 Å². The van der Waals surface area contributed by atoms with Crippen LogP contribution in [0.5, 0.6) is 17.2 Å². The van der Waals surface area contributed by atoms with E-state index in [-0.39, 0.29) is 31.2 Å². The molecule has 1 amide bonds. The van der Waals surface area contributed by atoms with Gasteiger partial charge in [-0.25, -0.2) is 4.68 Å². The number of hydrogen-bond acceptors (Lipinski definition) is 6. The molecule has 1 aromatic heterocycles. The third-order valence-corrected chi connectivity index (χ3v) is 5.52. The third-order valence-electron chi connectivity index (χ3n) is 5.52. The molecule has 8 heteroatoms. The highest BCUT2D eigenvalue weighted by atomic mass is 16.5. The maximum absolute atomic E-state index is 12.4. The number of methoxy groups -OCH3 is 2. The number of para-hydroxylation sites is 1. The zero-order chi connectivity index (χ0) is 25.3. The van der Waals surface area contributed by atoms with Crippen molar-refractivity contribution >= 4 is 5.91 Å². The molecule has 0 saturated heterocycles. The number of amides is 1. The van der Waals surface area contributed by atoms with Gasteiger partial charge in [0.2, 0.25) is 0 Å². The molecule has 36 heavy (non-hydrogen) atoms. The van der Waals surface area contributed by atoms with E-state index in [4.69, 9.17) is 14.2 Å². The van der Waals surface area contributed by atoms with E-state index in [2.05, 4.69) is 10.4 Å². The predicted molar refractivity (Wildman–Crippen MR) is 137 cm³/mol. The lowest BCUT2D eigenvalue weighted by atomic mass is 10.1. The highest BCUT2D eigenvalue weighted by Gasteiger charge is 2.10. The number of hydrogen-bond donors (Lipinski definition) is 1. The van der Waals surface area contributed by atoms with E-state index in [1.807, 2.05) is 60.7 Å². The zero-order valence-electron chi connectivity index (χ0n) is 20.1. The van der Waals surface area contributed by atoms with Crippen molar-refractivity contribution in [1.82, 2.24) is 15.1 Å². The Hall–Kier alpha value is -4.59. The molecule has 0 aliphatic rings. The van der Waals surface area contributed by atoms with Crippen LogP contribution in [0.25, 0.3) is 22.4 Å². The van der Waals surface area contributed by atoms with Crippen molar-refractivity contribution in [1.29, 1.82) is 0 Å². The second-order valence-electron chi connectivity index (χ2n) is 7.85. The Balaban J connectivity index is 1.36. The molecular weight excluding hydrogens is 458 g/mol. The second-order valence-corrected chi connectivity index (χ2v) is 7.85. The molecule has 1 N–H and O–H groups in total. The fraction of sp³-hybridized carbons (Fsp3) is 0.179. The Morgan fingerprint density at radius 3 is 2.36 bits per heavy atom. The molecule has 0 unspecified atom stereocenters. The van der Waals surface area contributed by atoms with E-state index >= 15 is 0 Å². The number of carbonyl (C=O) groups excluding carboxylic acids is 1. The van der Waals surface area contributed by atoms with Gasteiger partial charge in [0.1, 0.15) is 5.75 Å². The van der Waals surface area contributed by atoms with E-state index in [1.165, 1.54) is 10.7 Å². The third kappa shape index (κ3) is 5.90. The van der Waals surface area contributed by atoms with Crippen molar-refractivity contribution in [2.75, 3.05) is 27.4 Å². The van der Waals surface area contributed by atoms with Gasteiger partial charge in [-0.05, 0) is 35.9 Å². The lowest BCUT2D eigenvalue weighted by molar-refractivity contribution is -0.123. The van der Waals surface area contributed by atoms with Crippen LogP contribution in [0.3, 0.4) is 0 Å². The van der Waals surface area contributed by atoms with Gasteiger partial charge in [-0.15, -0.1) is 0 Å². The molecule has 0 bridgehead atoms. The molecular formula is C28H27N3O5. The monoisotopic (exact) mass is 485 g/mol. The molecule has 1 heterocycles. The normalized spacial score (nSPS) is 10.5. The number of benzene rings is 3. The summed E-state index contributed by atoms with van der Waals surface area (Å²) >= 11 is 0. The zero-order valence-corrected chi connectivity index (χ0v) is 20.1. The molecule has 0 atom stereocenters. The molecule has 0 saturated carbocycles. The predicted octanol–water partition coefficient (Wildman–Crippen LogP) is 3.79. The Morgan fingerprint density at radius 1 is 0.833 bits per heavy atom. The Bertz CT molecular complexity index is 1390. The molecule has 0 fully saturated rings. The number of rotatable bonds is 10. The fourth-order valence-corrected chi connectivity index (χ4v) is 3.70. The largest absolute Gasteiger partial charge is 0.493 e. The summed E-state index contributed by atoms with van der Waals surface area (Å²) in [5, 5.41) is 7.21. The van der Waals surface area contributed by atoms with Crippen LogP contribution in [0.15, 0.2) is 89.7 Å². The number of ether oxygens (including phenoxy) is 3.